The zero-order valence-electron chi connectivity index (χ0n) is 15.2. The molecular formula is C20H38N2. The van der Waals surface area contributed by atoms with Crippen molar-refractivity contribution in [3.8, 4) is 0 Å². The minimum Gasteiger partial charge on any atom is -0.335 e. The first kappa shape index (κ1) is 19.3. The molecule has 0 N–H and O–H groups in total. The van der Waals surface area contributed by atoms with Gasteiger partial charge in [-0.2, -0.15) is 0 Å². The standard InChI is InChI=1S/C20H38N2/c1-3-4-5-6-7-8-9-10-11-12-13-14-15-16-18-22-19-17-21-20(22)2/h17,19H,3-16,18H2,1-2H3. The van der Waals surface area contributed by atoms with Gasteiger partial charge in [-0.25, -0.2) is 4.98 Å². The number of rotatable bonds is 15. The highest BCUT2D eigenvalue weighted by Gasteiger charge is 1.97. The number of unbranched alkanes of at least 4 members (excludes halogenated alkanes) is 13. The van der Waals surface area contributed by atoms with Crippen molar-refractivity contribution < 1.29 is 0 Å². The van der Waals surface area contributed by atoms with Crippen LogP contribution in [0.4, 0.5) is 0 Å². The molecule has 0 aliphatic heterocycles. The summed E-state index contributed by atoms with van der Waals surface area (Å²) in [6.45, 7) is 5.52. The Morgan fingerprint density at radius 3 is 1.59 bits per heavy atom. The lowest BCUT2D eigenvalue weighted by molar-refractivity contribution is 0.522. The van der Waals surface area contributed by atoms with Crippen LogP contribution in [0.5, 0.6) is 0 Å². The first-order chi connectivity index (χ1) is 10.8. The summed E-state index contributed by atoms with van der Waals surface area (Å²) >= 11 is 0. The van der Waals surface area contributed by atoms with Crippen LogP contribution in [0.1, 0.15) is 103 Å². The van der Waals surface area contributed by atoms with Crippen LogP contribution in [0, 0.1) is 6.92 Å². The molecule has 0 unspecified atom stereocenters. The van der Waals surface area contributed by atoms with Gasteiger partial charge in [0.05, 0.1) is 0 Å². The van der Waals surface area contributed by atoms with E-state index in [1.807, 2.05) is 6.20 Å². The molecule has 1 aromatic rings. The minimum absolute atomic E-state index is 1.14. The van der Waals surface area contributed by atoms with Crippen LogP contribution in [-0.2, 0) is 6.54 Å². The van der Waals surface area contributed by atoms with Gasteiger partial charge in [0, 0.05) is 18.9 Å². The summed E-state index contributed by atoms with van der Waals surface area (Å²) in [6, 6.07) is 0. The van der Waals surface area contributed by atoms with Crippen LogP contribution in [0.2, 0.25) is 0 Å². The normalized spacial score (nSPS) is 11.2. The average molecular weight is 307 g/mol. The third-order valence-corrected chi connectivity index (χ3v) is 4.68. The van der Waals surface area contributed by atoms with Crippen molar-refractivity contribution in [2.75, 3.05) is 0 Å². The average Bonchev–Trinajstić information content (AvgIpc) is 2.93. The topological polar surface area (TPSA) is 17.8 Å². The third-order valence-electron chi connectivity index (χ3n) is 4.68. The Balaban J connectivity index is 1.74. The van der Waals surface area contributed by atoms with E-state index < -0.39 is 0 Å². The Morgan fingerprint density at radius 2 is 1.18 bits per heavy atom. The number of hydrogen-bond donors (Lipinski definition) is 0. The molecule has 2 heteroatoms. The van der Waals surface area contributed by atoms with Gasteiger partial charge in [0.2, 0.25) is 0 Å². The Morgan fingerprint density at radius 1 is 0.727 bits per heavy atom. The summed E-state index contributed by atoms with van der Waals surface area (Å²) in [5, 5.41) is 0. The number of nitrogens with zero attached hydrogens (tertiary/aromatic N) is 2. The van der Waals surface area contributed by atoms with E-state index in [1.165, 1.54) is 89.9 Å². The second kappa shape index (κ2) is 13.8. The molecule has 0 saturated heterocycles. The van der Waals surface area contributed by atoms with Crippen molar-refractivity contribution >= 4 is 0 Å². The van der Waals surface area contributed by atoms with Gasteiger partial charge >= 0.3 is 0 Å². The van der Waals surface area contributed by atoms with Crippen LogP contribution in [0.15, 0.2) is 12.4 Å². The molecule has 2 nitrogen and oxygen atoms in total. The molecule has 0 aliphatic carbocycles. The van der Waals surface area contributed by atoms with E-state index in [4.69, 9.17) is 0 Å². The van der Waals surface area contributed by atoms with Crippen molar-refractivity contribution in [3.05, 3.63) is 18.2 Å². The molecule has 0 bridgehead atoms. The molecule has 0 spiro atoms. The van der Waals surface area contributed by atoms with Crippen LogP contribution in [0.3, 0.4) is 0 Å². The largest absolute Gasteiger partial charge is 0.335 e. The number of hydrogen-bond acceptors (Lipinski definition) is 1. The highest BCUT2D eigenvalue weighted by atomic mass is 15.0. The molecule has 0 aliphatic rings. The summed E-state index contributed by atoms with van der Waals surface area (Å²) in [4.78, 5) is 4.26. The molecule has 0 saturated carbocycles. The minimum atomic E-state index is 1.14. The molecule has 0 fully saturated rings. The van der Waals surface area contributed by atoms with Crippen molar-refractivity contribution in [3.63, 3.8) is 0 Å². The fraction of sp³-hybridized carbons (Fsp3) is 0.850. The second-order valence-electron chi connectivity index (χ2n) is 6.76. The molecule has 0 radical (unpaired) electrons. The predicted octanol–water partition coefficient (Wildman–Crippen LogP) is 6.67. The first-order valence-corrected chi connectivity index (χ1v) is 9.82. The Bertz CT molecular complexity index is 343. The molecule has 128 valence electrons. The van der Waals surface area contributed by atoms with Crippen molar-refractivity contribution in [2.24, 2.45) is 0 Å². The predicted molar refractivity (Wildman–Crippen MR) is 97.3 cm³/mol. The summed E-state index contributed by atoms with van der Waals surface area (Å²) < 4.78 is 2.26. The third kappa shape index (κ3) is 10.0. The zero-order valence-corrected chi connectivity index (χ0v) is 15.2. The monoisotopic (exact) mass is 306 g/mol. The van der Waals surface area contributed by atoms with Crippen molar-refractivity contribution in [1.82, 2.24) is 9.55 Å². The van der Waals surface area contributed by atoms with E-state index >= 15 is 0 Å². The lowest BCUT2D eigenvalue weighted by Crippen LogP contribution is -1.98. The van der Waals surface area contributed by atoms with E-state index in [1.54, 1.807) is 0 Å². The Kier molecular flexibility index (Phi) is 12.1. The summed E-state index contributed by atoms with van der Waals surface area (Å²) in [5.41, 5.74) is 0. The molecule has 1 heterocycles. The lowest BCUT2D eigenvalue weighted by Gasteiger charge is -2.05. The molecule has 22 heavy (non-hydrogen) atoms. The van der Waals surface area contributed by atoms with Gasteiger partial charge in [-0.15, -0.1) is 0 Å². The van der Waals surface area contributed by atoms with Gasteiger partial charge in [0.25, 0.3) is 0 Å². The van der Waals surface area contributed by atoms with Gasteiger partial charge in [-0.05, 0) is 13.3 Å². The molecule has 1 rings (SSSR count). The Hall–Kier alpha value is -0.790. The highest BCUT2D eigenvalue weighted by molar-refractivity contribution is 4.87. The van der Waals surface area contributed by atoms with E-state index in [-0.39, 0.29) is 0 Å². The Labute approximate surface area is 138 Å². The maximum atomic E-state index is 4.26. The van der Waals surface area contributed by atoms with Crippen molar-refractivity contribution in [2.45, 2.75) is 110 Å². The van der Waals surface area contributed by atoms with E-state index in [2.05, 4.69) is 29.6 Å². The van der Waals surface area contributed by atoms with Gasteiger partial charge in [-0.1, -0.05) is 90.4 Å². The lowest BCUT2D eigenvalue weighted by atomic mass is 10.0. The fourth-order valence-corrected chi connectivity index (χ4v) is 3.12. The van der Waals surface area contributed by atoms with Gasteiger partial charge in [0.1, 0.15) is 5.82 Å². The van der Waals surface area contributed by atoms with Gasteiger partial charge in [-0.3, -0.25) is 0 Å². The molecule has 0 atom stereocenters. The van der Waals surface area contributed by atoms with E-state index in [0.717, 1.165) is 12.4 Å². The smallest absolute Gasteiger partial charge is 0.105 e. The van der Waals surface area contributed by atoms with E-state index in [0.29, 0.717) is 0 Å². The van der Waals surface area contributed by atoms with Crippen LogP contribution in [-0.4, -0.2) is 9.55 Å². The molecular weight excluding hydrogens is 268 g/mol. The molecule has 0 aromatic carbocycles. The zero-order chi connectivity index (χ0) is 15.9. The van der Waals surface area contributed by atoms with Crippen LogP contribution >= 0.6 is 0 Å². The summed E-state index contributed by atoms with van der Waals surface area (Å²) in [5.74, 6) is 1.15. The fourth-order valence-electron chi connectivity index (χ4n) is 3.12. The SMILES string of the molecule is CCCCCCCCCCCCCCCCn1ccnc1C. The summed E-state index contributed by atoms with van der Waals surface area (Å²) in [7, 11) is 0. The van der Waals surface area contributed by atoms with Gasteiger partial charge in [0.15, 0.2) is 0 Å². The second-order valence-corrected chi connectivity index (χ2v) is 6.76. The number of imidazole rings is 1. The summed E-state index contributed by atoms with van der Waals surface area (Å²) in [6.07, 6.45) is 24.0. The van der Waals surface area contributed by atoms with Crippen LogP contribution in [0.25, 0.3) is 0 Å². The van der Waals surface area contributed by atoms with Gasteiger partial charge < -0.3 is 4.57 Å². The highest BCUT2D eigenvalue weighted by Crippen LogP contribution is 2.13. The number of aryl methyl sites for hydroxylation is 2. The maximum absolute atomic E-state index is 4.26. The number of aromatic nitrogens is 2. The first-order valence-electron chi connectivity index (χ1n) is 9.82. The molecule has 0 amide bonds. The molecule has 1 aromatic heterocycles. The van der Waals surface area contributed by atoms with E-state index in [9.17, 15) is 0 Å². The van der Waals surface area contributed by atoms with Crippen LogP contribution < -0.4 is 0 Å². The quantitative estimate of drug-likeness (QED) is 0.331. The van der Waals surface area contributed by atoms with Crippen molar-refractivity contribution in [1.29, 1.82) is 0 Å². The maximum Gasteiger partial charge on any atom is 0.105 e.